The third-order valence-electron chi connectivity index (χ3n) is 2.77. The quantitative estimate of drug-likeness (QED) is 0.879. The molecule has 0 aliphatic rings. The van der Waals surface area contributed by atoms with Crippen LogP contribution in [0, 0.1) is 12.7 Å². The van der Waals surface area contributed by atoms with Gasteiger partial charge in [0.1, 0.15) is 5.82 Å². The largest absolute Gasteiger partial charge is 0.378 e. The van der Waals surface area contributed by atoms with E-state index in [1.807, 2.05) is 17.7 Å². The van der Waals surface area contributed by atoms with Crippen molar-refractivity contribution in [2.24, 2.45) is 0 Å². The molecule has 0 saturated carbocycles. The summed E-state index contributed by atoms with van der Waals surface area (Å²) in [4.78, 5) is 0. The summed E-state index contributed by atoms with van der Waals surface area (Å²) in [6, 6.07) is 6.60. The first kappa shape index (κ1) is 11.6. The molecule has 2 rings (SSSR count). The number of hydrogen-bond acceptors (Lipinski definition) is 2. The van der Waals surface area contributed by atoms with Crippen LogP contribution in [0.4, 0.5) is 10.1 Å². The van der Waals surface area contributed by atoms with Gasteiger partial charge >= 0.3 is 0 Å². The highest BCUT2D eigenvalue weighted by Gasteiger charge is 2.04. The Kier molecular flexibility index (Phi) is 3.42. The van der Waals surface area contributed by atoms with Crippen molar-refractivity contribution in [3.05, 3.63) is 47.5 Å². The van der Waals surface area contributed by atoms with Gasteiger partial charge in [0.25, 0.3) is 0 Å². The van der Waals surface area contributed by atoms with Crippen LogP contribution < -0.4 is 5.32 Å². The van der Waals surface area contributed by atoms with E-state index in [1.165, 1.54) is 12.1 Å². The van der Waals surface area contributed by atoms with Crippen molar-refractivity contribution in [3.63, 3.8) is 0 Å². The summed E-state index contributed by atoms with van der Waals surface area (Å²) in [7, 11) is 0. The topological polar surface area (TPSA) is 29.9 Å². The zero-order valence-electron chi connectivity index (χ0n) is 10.1. The standard InChI is InChI=1S/C13H16FN3/c1-3-17-10(2)13(9-16-17)15-8-11-5-4-6-12(14)7-11/h4-7,9,15H,3,8H2,1-2H3. The Morgan fingerprint density at radius 1 is 1.41 bits per heavy atom. The summed E-state index contributed by atoms with van der Waals surface area (Å²) in [6.07, 6.45) is 1.80. The van der Waals surface area contributed by atoms with Crippen LogP contribution in [0.2, 0.25) is 0 Å². The maximum Gasteiger partial charge on any atom is 0.123 e. The molecule has 0 bridgehead atoms. The van der Waals surface area contributed by atoms with Crippen molar-refractivity contribution in [1.82, 2.24) is 9.78 Å². The lowest BCUT2D eigenvalue weighted by atomic mass is 10.2. The number of aryl methyl sites for hydroxylation is 1. The van der Waals surface area contributed by atoms with Crippen molar-refractivity contribution in [2.45, 2.75) is 26.9 Å². The number of nitrogens with one attached hydrogen (secondary N) is 1. The molecule has 4 heteroatoms. The summed E-state index contributed by atoms with van der Waals surface area (Å²) in [5, 5.41) is 7.51. The molecule has 3 nitrogen and oxygen atoms in total. The van der Waals surface area contributed by atoms with Gasteiger partial charge in [-0.2, -0.15) is 5.10 Å². The minimum Gasteiger partial charge on any atom is -0.378 e. The van der Waals surface area contributed by atoms with Crippen molar-refractivity contribution >= 4 is 5.69 Å². The molecule has 2 aromatic rings. The van der Waals surface area contributed by atoms with Crippen LogP contribution in [0.15, 0.2) is 30.5 Å². The molecular weight excluding hydrogens is 217 g/mol. The second kappa shape index (κ2) is 4.99. The van der Waals surface area contributed by atoms with E-state index >= 15 is 0 Å². The van der Waals surface area contributed by atoms with Gasteiger partial charge in [0, 0.05) is 13.1 Å². The summed E-state index contributed by atoms with van der Waals surface area (Å²) in [5.74, 6) is -0.203. The second-order valence-corrected chi connectivity index (χ2v) is 3.94. The first-order chi connectivity index (χ1) is 8.20. The highest BCUT2D eigenvalue weighted by atomic mass is 19.1. The minimum atomic E-state index is -0.203. The number of benzene rings is 1. The smallest absolute Gasteiger partial charge is 0.123 e. The molecule has 0 aliphatic heterocycles. The van der Waals surface area contributed by atoms with E-state index in [0.29, 0.717) is 6.54 Å². The average Bonchev–Trinajstić information content (AvgIpc) is 2.67. The lowest BCUT2D eigenvalue weighted by Gasteiger charge is -2.06. The van der Waals surface area contributed by atoms with E-state index < -0.39 is 0 Å². The van der Waals surface area contributed by atoms with Crippen LogP contribution in [0.3, 0.4) is 0 Å². The van der Waals surface area contributed by atoms with Crippen molar-refractivity contribution < 1.29 is 4.39 Å². The van der Waals surface area contributed by atoms with Gasteiger partial charge in [-0.1, -0.05) is 12.1 Å². The Morgan fingerprint density at radius 3 is 2.88 bits per heavy atom. The predicted octanol–water partition coefficient (Wildman–Crippen LogP) is 2.96. The molecule has 1 aromatic heterocycles. The van der Waals surface area contributed by atoms with Crippen LogP contribution in [0.5, 0.6) is 0 Å². The van der Waals surface area contributed by atoms with Crippen molar-refractivity contribution in [3.8, 4) is 0 Å². The van der Waals surface area contributed by atoms with Gasteiger partial charge in [-0.25, -0.2) is 4.39 Å². The first-order valence-corrected chi connectivity index (χ1v) is 5.71. The monoisotopic (exact) mass is 233 g/mol. The number of rotatable bonds is 4. The molecule has 0 fully saturated rings. The van der Waals surface area contributed by atoms with Crippen molar-refractivity contribution in [2.75, 3.05) is 5.32 Å². The van der Waals surface area contributed by atoms with Gasteiger partial charge < -0.3 is 5.32 Å². The first-order valence-electron chi connectivity index (χ1n) is 5.71. The maximum absolute atomic E-state index is 13.0. The summed E-state index contributed by atoms with van der Waals surface area (Å²) in [5.41, 5.74) is 3.02. The fourth-order valence-corrected chi connectivity index (χ4v) is 1.78. The van der Waals surface area contributed by atoms with Gasteiger partial charge in [-0.15, -0.1) is 0 Å². The summed E-state index contributed by atoms with van der Waals surface area (Å²) < 4.78 is 14.9. The number of halogens is 1. The van der Waals surface area contributed by atoms with Crippen molar-refractivity contribution in [1.29, 1.82) is 0 Å². The lowest BCUT2D eigenvalue weighted by molar-refractivity contribution is 0.626. The van der Waals surface area contributed by atoms with Crippen LogP contribution in [0.25, 0.3) is 0 Å². The molecular formula is C13H16FN3. The molecule has 0 atom stereocenters. The molecule has 0 unspecified atom stereocenters. The number of hydrogen-bond donors (Lipinski definition) is 1. The Morgan fingerprint density at radius 2 is 2.24 bits per heavy atom. The van der Waals surface area contributed by atoms with Gasteiger partial charge in [-0.3, -0.25) is 4.68 Å². The van der Waals surface area contributed by atoms with Gasteiger partial charge in [0.2, 0.25) is 0 Å². The molecule has 0 saturated heterocycles. The normalized spacial score (nSPS) is 10.5. The molecule has 0 aliphatic carbocycles. The van der Waals surface area contributed by atoms with E-state index in [1.54, 1.807) is 12.3 Å². The zero-order valence-corrected chi connectivity index (χ0v) is 10.1. The van der Waals surface area contributed by atoms with Gasteiger partial charge in [0.05, 0.1) is 17.6 Å². The van der Waals surface area contributed by atoms with E-state index in [0.717, 1.165) is 23.5 Å². The van der Waals surface area contributed by atoms with E-state index in [-0.39, 0.29) is 5.82 Å². The fourth-order valence-electron chi connectivity index (χ4n) is 1.78. The molecule has 1 N–H and O–H groups in total. The maximum atomic E-state index is 13.0. The third-order valence-corrected chi connectivity index (χ3v) is 2.77. The number of anilines is 1. The van der Waals surface area contributed by atoms with Crippen LogP contribution >= 0.6 is 0 Å². The zero-order chi connectivity index (χ0) is 12.3. The fraction of sp³-hybridized carbons (Fsp3) is 0.308. The lowest BCUT2D eigenvalue weighted by Crippen LogP contribution is -2.02. The van der Waals surface area contributed by atoms with E-state index in [9.17, 15) is 4.39 Å². The SMILES string of the molecule is CCn1ncc(NCc2cccc(F)c2)c1C. The summed E-state index contributed by atoms with van der Waals surface area (Å²) >= 11 is 0. The highest BCUT2D eigenvalue weighted by Crippen LogP contribution is 2.15. The number of aromatic nitrogens is 2. The molecule has 1 aromatic carbocycles. The van der Waals surface area contributed by atoms with Gasteiger partial charge in [0.15, 0.2) is 0 Å². The molecule has 90 valence electrons. The van der Waals surface area contributed by atoms with E-state index in [4.69, 9.17) is 0 Å². The van der Waals surface area contributed by atoms with Gasteiger partial charge in [-0.05, 0) is 31.5 Å². The van der Waals surface area contributed by atoms with Crippen LogP contribution in [-0.4, -0.2) is 9.78 Å². The summed E-state index contributed by atoms with van der Waals surface area (Å²) in [6.45, 7) is 5.53. The number of nitrogens with zero attached hydrogens (tertiary/aromatic N) is 2. The Balaban J connectivity index is 2.05. The predicted molar refractivity (Wildman–Crippen MR) is 66.4 cm³/mol. The molecule has 0 spiro atoms. The van der Waals surface area contributed by atoms with Crippen LogP contribution in [-0.2, 0) is 13.1 Å². The Hall–Kier alpha value is -1.84. The molecule has 1 heterocycles. The minimum absolute atomic E-state index is 0.203. The third kappa shape index (κ3) is 2.64. The highest BCUT2D eigenvalue weighted by molar-refractivity contribution is 5.46. The Labute approximate surface area is 100 Å². The average molecular weight is 233 g/mol. The molecule has 17 heavy (non-hydrogen) atoms. The second-order valence-electron chi connectivity index (χ2n) is 3.94. The molecule has 0 amide bonds. The molecule has 0 radical (unpaired) electrons. The van der Waals surface area contributed by atoms with E-state index in [2.05, 4.69) is 17.3 Å². The van der Waals surface area contributed by atoms with Crippen LogP contribution in [0.1, 0.15) is 18.2 Å². The Bertz CT molecular complexity index is 505.